The SMILES string of the molecule is CN(CC1CCCC1)C(=O)COc1ccc2c(c1)N=C1NC(=O)CN1C2. The van der Waals surface area contributed by atoms with Crippen LogP contribution in [0.3, 0.4) is 0 Å². The van der Waals surface area contributed by atoms with Crippen LogP contribution in [-0.2, 0) is 16.1 Å². The second kappa shape index (κ2) is 6.97. The van der Waals surface area contributed by atoms with Crippen LogP contribution < -0.4 is 10.1 Å². The van der Waals surface area contributed by atoms with Gasteiger partial charge in [-0.1, -0.05) is 18.9 Å². The maximum absolute atomic E-state index is 12.3. The maximum atomic E-state index is 12.3. The number of hydrogen-bond acceptors (Lipinski definition) is 5. The number of amides is 2. The Balaban J connectivity index is 1.35. The molecule has 1 N–H and O–H groups in total. The zero-order valence-corrected chi connectivity index (χ0v) is 15.0. The Kier molecular flexibility index (Phi) is 4.53. The van der Waals surface area contributed by atoms with Crippen LogP contribution in [0.2, 0.25) is 0 Å². The third-order valence-electron chi connectivity index (χ3n) is 5.32. The van der Waals surface area contributed by atoms with Crippen molar-refractivity contribution >= 4 is 23.5 Å². The monoisotopic (exact) mass is 356 g/mol. The number of nitrogens with zero attached hydrogens (tertiary/aromatic N) is 3. The van der Waals surface area contributed by atoms with Crippen molar-refractivity contribution in [2.24, 2.45) is 10.9 Å². The van der Waals surface area contributed by atoms with Crippen molar-refractivity contribution in [3.8, 4) is 5.75 Å². The quantitative estimate of drug-likeness (QED) is 0.870. The molecule has 2 fully saturated rings. The first-order valence-corrected chi connectivity index (χ1v) is 9.21. The Bertz CT molecular complexity index is 755. The average molecular weight is 356 g/mol. The van der Waals surface area contributed by atoms with Crippen molar-refractivity contribution < 1.29 is 14.3 Å². The minimum Gasteiger partial charge on any atom is -0.484 e. The predicted octanol–water partition coefficient (Wildman–Crippen LogP) is 1.65. The van der Waals surface area contributed by atoms with Crippen molar-refractivity contribution in [2.45, 2.75) is 32.2 Å². The van der Waals surface area contributed by atoms with Gasteiger partial charge in [0.25, 0.3) is 5.91 Å². The molecule has 0 radical (unpaired) electrons. The summed E-state index contributed by atoms with van der Waals surface area (Å²) in [7, 11) is 1.85. The molecule has 2 heterocycles. The van der Waals surface area contributed by atoms with E-state index in [0.717, 1.165) is 17.8 Å². The molecule has 26 heavy (non-hydrogen) atoms. The summed E-state index contributed by atoms with van der Waals surface area (Å²) in [6.07, 6.45) is 4.99. The first-order chi connectivity index (χ1) is 12.6. The van der Waals surface area contributed by atoms with E-state index in [0.29, 0.717) is 30.7 Å². The molecule has 2 amide bonds. The van der Waals surface area contributed by atoms with Gasteiger partial charge < -0.3 is 14.5 Å². The van der Waals surface area contributed by atoms with Crippen molar-refractivity contribution in [1.29, 1.82) is 0 Å². The van der Waals surface area contributed by atoms with E-state index in [9.17, 15) is 9.59 Å². The van der Waals surface area contributed by atoms with Crippen molar-refractivity contribution in [2.75, 3.05) is 26.7 Å². The predicted molar refractivity (Wildman–Crippen MR) is 97.2 cm³/mol. The number of fused-ring (bicyclic) bond motifs is 2. The molecule has 0 unspecified atom stereocenters. The summed E-state index contributed by atoms with van der Waals surface area (Å²) in [6, 6.07) is 5.63. The van der Waals surface area contributed by atoms with Crippen LogP contribution >= 0.6 is 0 Å². The number of nitrogens with one attached hydrogen (secondary N) is 1. The zero-order valence-electron chi connectivity index (χ0n) is 15.0. The van der Waals surface area contributed by atoms with Gasteiger partial charge in [0.05, 0.1) is 5.69 Å². The van der Waals surface area contributed by atoms with Crippen molar-refractivity contribution in [3.63, 3.8) is 0 Å². The Morgan fingerprint density at radius 2 is 2.15 bits per heavy atom. The van der Waals surface area contributed by atoms with E-state index in [-0.39, 0.29) is 18.4 Å². The van der Waals surface area contributed by atoms with E-state index in [1.807, 2.05) is 30.1 Å². The number of ether oxygens (including phenoxy) is 1. The van der Waals surface area contributed by atoms with E-state index in [4.69, 9.17) is 4.74 Å². The molecule has 4 rings (SSSR count). The van der Waals surface area contributed by atoms with Gasteiger partial charge in [0.1, 0.15) is 12.3 Å². The molecule has 0 spiro atoms. The van der Waals surface area contributed by atoms with Gasteiger partial charge in [-0.25, -0.2) is 4.99 Å². The molecule has 3 aliphatic rings. The number of benzene rings is 1. The molecule has 7 heteroatoms. The highest BCUT2D eigenvalue weighted by atomic mass is 16.5. The molecule has 1 aliphatic carbocycles. The van der Waals surface area contributed by atoms with Crippen LogP contribution in [0.5, 0.6) is 5.75 Å². The fraction of sp³-hybridized carbons (Fsp3) is 0.526. The highest BCUT2D eigenvalue weighted by Crippen LogP contribution is 2.31. The van der Waals surface area contributed by atoms with E-state index in [1.54, 1.807) is 4.90 Å². The minimum atomic E-state index is -0.0380. The Morgan fingerprint density at radius 1 is 1.35 bits per heavy atom. The molecule has 1 aromatic rings. The molecule has 0 aromatic heterocycles. The molecule has 7 nitrogen and oxygen atoms in total. The van der Waals surface area contributed by atoms with Gasteiger partial charge in [0, 0.05) is 26.2 Å². The molecular formula is C19H24N4O3. The van der Waals surface area contributed by atoms with E-state index >= 15 is 0 Å². The topological polar surface area (TPSA) is 74.2 Å². The van der Waals surface area contributed by atoms with Gasteiger partial charge in [0.15, 0.2) is 6.61 Å². The van der Waals surface area contributed by atoms with Crippen LogP contribution in [0, 0.1) is 5.92 Å². The lowest BCUT2D eigenvalue weighted by Crippen LogP contribution is -2.34. The number of guanidine groups is 1. The Labute approximate surface area is 153 Å². The number of rotatable bonds is 5. The van der Waals surface area contributed by atoms with Gasteiger partial charge >= 0.3 is 0 Å². The van der Waals surface area contributed by atoms with Gasteiger partial charge in [-0.05, 0) is 30.4 Å². The standard InChI is InChI=1S/C19H24N4O3/c1-22(9-13-4-2-3-5-13)18(25)12-26-15-7-6-14-10-23-11-17(24)21-19(23)20-16(14)8-15/h6-8,13H,2-5,9-12H2,1H3,(H,20,21,24). The molecule has 1 aromatic carbocycles. The number of aliphatic imine (C=N–C) groups is 1. The summed E-state index contributed by atoms with van der Waals surface area (Å²) >= 11 is 0. The lowest BCUT2D eigenvalue weighted by atomic mass is 10.1. The summed E-state index contributed by atoms with van der Waals surface area (Å²) in [5.74, 6) is 1.80. The molecule has 138 valence electrons. The number of carbonyl (C=O) groups excluding carboxylic acids is 2. The molecule has 0 bridgehead atoms. The summed E-state index contributed by atoms with van der Waals surface area (Å²) in [4.78, 5) is 32.0. The van der Waals surface area contributed by atoms with Gasteiger partial charge in [-0.2, -0.15) is 0 Å². The number of carbonyl (C=O) groups is 2. The molecule has 0 atom stereocenters. The molecular weight excluding hydrogens is 332 g/mol. The Hall–Kier alpha value is -2.57. The second-order valence-electron chi connectivity index (χ2n) is 7.34. The van der Waals surface area contributed by atoms with Crippen LogP contribution in [0.25, 0.3) is 0 Å². The lowest BCUT2D eigenvalue weighted by Gasteiger charge is -2.23. The van der Waals surface area contributed by atoms with Crippen LogP contribution in [0.4, 0.5) is 5.69 Å². The summed E-state index contributed by atoms with van der Waals surface area (Å²) in [5, 5.41) is 2.75. The maximum Gasteiger partial charge on any atom is 0.260 e. The average Bonchev–Trinajstić information content (AvgIpc) is 3.25. The lowest BCUT2D eigenvalue weighted by molar-refractivity contribution is -0.132. The third kappa shape index (κ3) is 3.52. The smallest absolute Gasteiger partial charge is 0.260 e. The van der Waals surface area contributed by atoms with Crippen LogP contribution in [-0.4, -0.2) is 54.3 Å². The number of likely N-dealkylation sites (N-methyl/N-ethyl adjacent to an activating group) is 1. The summed E-state index contributed by atoms with van der Waals surface area (Å²) in [6.45, 7) is 1.84. The van der Waals surface area contributed by atoms with Crippen molar-refractivity contribution in [1.82, 2.24) is 15.1 Å². The van der Waals surface area contributed by atoms with E-state index in [1.165, 1.54) is 25.7 Å². The normalized spacial score (nSPS) is 18.9. The third-order valence-corrected chi connectivity index (χ3v) is 5.32. The highest BCUT2D eigenvalue weighted by Gasteiger charge is 2.29. The zero-order chi connectivity index (χ0) is 18.1. The molecule has 1 saturated carbocycles. The highest BCUT2D eigenvalue weighted by molar-refractivity contribution is 6.05. The molecule has 1 saturated heterocycles. The number of hydrogen-bond donors (Lipinski definition) is 1. The first kappa shape index (κ1) is 16.9. The van der Waals surface area contributed by atoms with Gasteiger partial charge in [-0.3, -0.25) is 14.9 Å². The van der Waals surface area contributed by atoms with Crippen molar-refractivity contribution in [3.05, 3.63) is 23.8 Å². The fourth-order valence-corrected chi connectivity index (χ4v) is 3.85. The molecule has 2 aliphatic heterocycles. The van der Waals surface area contributed by atoms with Crippen LogP contribution in [0.1, 0.15) is 31.2 Å². The van der Waals surface area contributed by atoms with Gasteiger partial charge in [-0.15, -0.1) is 0 Å². The Morgan fingerprint density at radius 3 is 2.96 bits per heavy atom. The fourth-order valence-electron chi connectivity index (χ4n) is 3.85. The largest absolute Gasteiger partial charge is 0.484 e. The summed E-state index contributed by atoms with van der Waals surface area (Å²) in [5.41, 5.74) is 1.82. The van der Waals surface area contributed by atoms with E-state index < -0.39 is 0 Å². The first-order valence-electron chi connectivity index (χ1n) is 9.21. The summed E-state index contributed by atoms with van der Waals surface area (Å²) < 4.78 is 5.69. The minimum absolute atomic E-state index is 0.00448. The van der Waals surface area contributed by atoms with Gasteiger partial charge in [0.2, 0.25) is 11.9 Å². The second-order valence-corrected chi connectivity index (χ2v) is 7.34. The van der Waals surface area contributed by atoms with E-state index in [2.05, 4.69) is 10.3 Å². The van der Waals surface area contributed by atoms with Crippen LogP contribution in [0.15, 0.2) is 23.2 Å².